The van der Waals surface area contributed by atoms with Gasteiger partial charge in [-0.15, -0.1) is 0 Å². The number of carbonyl (C=O) groups excluding carboxylic acids is 1. The molecule has 19 heavy (non-hydrogen) atoms. The lowest BCUT2D eigenvalue weighted by Gasteiger charge is -2.14. The molecule has 4 nitrogen and oxygen atoms in total. The minimum absolute atomic E-state index is 0.318. The van der Waals surface area contributed by atoms with Gasteiger partial charge in [0.2, 0.25) is 0 Å². The van der Waals surface area contributed by atoms with E-state index in [1.165, 1.54) is 12.0 Å². The van der Waals surface area contributed by atoms with Gasteiger partial charge in [-0.3, -0.25) is 4.79 Å². The van der Waals surface area contributed by atoms with E-state index in [2.05, 4.69) is 22.2 Å². The Bertz CT molecular complexity index is 376. The quantitative estimate of drug-likeness (QED) is 0.635. The molecule has 1 fully saturated rings. The zero-order chi connectivity index (χ0) is 14.3. The van der Waals surface area contributed by atoms with Gasteiger partial charge < -0.3 is 15.8 Å². The van der Waals surface area contributed by atoms with Gasteiger partial charge in [-0.05, 0) is 57.4 Å². The maximum atomic E-state index is 9.60. The van der Waals surface area contributed by atoms with Crippen LogP contribution in [0.15, 0.2) is 24.3 Å². The Labute approximate surface area is 115 Å². The molecular weight excluding hydrogens is 240 g/mol. The van der Waals surface area contributed by atoms with Gasteiger partial charge >= 0.3 is 0 Å². The summed E-state index contributed by atoms with van der Waals surface area (Å²) in [7, 11) is 0. The summed E-state index contributed by atoms with van der Waals surface area (Å²) in [6, 6.07) is 8.22. The Morgan fingerprint density at radius 1 is 1.32 bits per heavy atom. The van der Waals surface area contributed by atoms with E-state index in [9.17, 15) is 4.79 Å². The Hall–Kier alpha value is -1.55. The average molecular weight is 264 g/mol. The van der Waals surface area contributed by atoms with Gasteiger partial charge in [-0.1, -0.05) is 12.1 Å². The van der Waals surface area contributed by atoms with Crippen molar-refractivity contribution >= 4 is 12.2 Å². The smallest absolute Gasteiger partial charge is 0.293 e. The van der Waals surface area contributed by atoms with E-state index in [0.29, 0.717) is 12.4 Å². The first-order chi connectivity index (χ1) is 8.92. The first-order valence-corrected chi connectivity index (χ1v) is 6.60. The molecule has 0 spiro atoms. The molecule has 1 heterocycles. The summed E-state index contributed by atoms with van der Waals surface area (Å²) in [4.78, 5) is 9.60. The van der Waals surface area contributed by atoms with E-state index in [-0.39, 0.29) is 5.60 Å². The number of nitrogens with one attached hydrogen (secondary N) is 1. The molecule has 0 aliphatic carbocycles. The largest absolute Gasteiger partial charge is 0.462 e. The molecule has 0 bridgehead atoms. The monoisotopic (exact) mass is 264 g/mol. The highest BCUT2D eigenvalue weighted by Crippen LogP contribution is 2.22. The summed E-state index contributed by atoms with van der Waals surface area (Å²) < 4.78 is 4.55. The molecule has 2 rings (SSSR count). The van der Waals surface area contributed by atoms with E-state index < -0.39 is 0 Å². The lowest BCUT2D eigenvalue weighted by atomic mass is 9.98. The summed E-state index contributed by atoms with van der Waals surface area (Å²) in [5.41, 5.74) is 7.55. The van der Waals surface area contributed by atoms with Crippen molar-refractivity contribution in [2.75, 3.05) is 18.8 Å². The number of nitrogen functional groups attached to an aromatic ring is 1. The molecule has 1 aromatic carbocycles. The van der Waals surface area contributed by atoms with Crippen LogP contribution in [0.5, 0.6) is 0 Å². The molecular formula is C15H24N2O2. The highest BCUT2D eigenvalue weighted by molar-refractivity contribution is 5.40. The van der Waals surface area contributed by atoms with Crippen molar-refractivity contribution in [3.05, 3.63) is 29.8 Å². The van der Waals surface area contributed by atoms with Crippen LogP contribution in [0.2, 0.25) is 0 Å². The topological polar surface area (TPSA) is 64.3 Å². The average Bonchev–Trinajstić information content (AvgIpc) is 2.83. The van der Waals surface area contributed by atoms with Crippen LogP contribution in [0.25, 0.3) is 0 Å². The molecule has 1 aliphatic rings. The Morgan fingerprint density at radius 3 is 2.32 bits per heavy atom. The van der Waals surface area contributed by atoms with Crippen molar-refractivity contribution in [2.24, 2.45) is 0 Å². The normalized spacial score (nSPS) is 18.4. The van der Waals surface area contributed by atoms with Gasteiger partial charge in [0.25, 0.3) is 6.47 Å². The molecule has 106 valence electrons. The van der Waals surface area contributed by atoms with Gasteiger partial charge in [0, 0.05) is 12.2 Å². The van der Waals surface area contributed by atoms with Gasteiger partial charge in [-0.25, -0.2) is 0 Å². The summed E-state index contributed by atoms with van der Waals surface area (Å²) in [5.74, 6) is 0.700. The van der Waals surface area contributed by atoms with Crippen LogP contribution in [-0.4, -0.2) is 25.2 Å². The predicted molar refractivity (Wildman–Crippen MR) is 78.0 cm³/mol. The molecule has 4 heteroatoms. The maximum absolute atomic E-state index is 9.60. The van der Waals surface area contributed by atoms with Crippen LogP contribution in [-0.2, 0) is 9.53 Å². The molecule has 1 saturated heterocycles. The van der Waals surface area contributed by atoms with Crippen molar-refractivity contribution in [1.82, 2.24) is 5.32 Å². The van der Waals surface area contributed by atoms with E-state index in [4.69, 9.17) is 5.73 Å². The standard InChI is InChI=1S/C10H14N2.C5H10O2/c11-10-3-1-8(2-4-10)9-5-6-12-7-9;1-5(2,3)7-4-6/h1-4,9,12H,5-7,11H2;4H,1-3H3. The first kappa shape index (κ1) is 15.5. The molecule has 3 N–H and O–H groups in total. The van der Waals surface area contributed by atoms with E-state index in [0.717, 1.165) is 18.8 Å². The lowest BCUT2D eigenvalue weighted by molar-refractivity contribution is -0.138. The Balaban J connectivity index is 0.000000224. The van der Waals surface area contributed by atoms with Crippen LogP contribution < -0.4 is 11.1 Å². The molecule has 1 unspecified atom stereocenters. The maximum Gasteiger partial charge on any atom is 0.293 e. The zero-order valence-electron chi connectivity index (χ0n) is 12.0. The second-order valence-electron chi connectivity index (χ2n) is 5.68. The van der Waals surface area contributed by atoms with Crippen LogP contribution >= 0.6 is 0 Å². The summed E-state index contributed by atoms with van der Waals surface area (Å²) >= 11 is 0. The van der Waals surface area contributed by atoms with Gasteiger partial charge in [0.1, 0.15) is 5.60 Å². The number of carbonyl (C=O) groups is 1. The summed E-state index contributed by atoms with van der Waals surface area (Å²) in [5, 5.41) is 3.35. The number of hydrogen-bond acceptors (Lipinski definition) is 4. The molecule has 1 atom stereocenters. The minimum atomic E-state index is -0.318. The molecule has 1 aromatic rings. The lowest BCUT2D eigenvalue weighted by Crippen LogP contribution is -2.17. The second-order valence-corrected chi connectivity index (χ2v) is 5.68. The Kier molecular flexibility index (Phi) is 5.83. The highest BCUT2D eigenvalue weighted by Gasteiger charge is 2.15. The predicted octanol–water partition coefficient (Wildman–Crippen LogP) is 2.30. The molecule has 0 saturated carbocycles. The van der Waals surface area contributed by atoms with Crippen molar-refractivity contribution in [2.45, 2.75) is 38.7 Å². The number of benzene rings is 1. The molecule has 0 radical (unpaired) electrons. The van der Waals surface area contributed by atoms with Crippen molar-refractivity contribution in [3.63, 3.8) is 0 Å². The van der Waals surface area contributed by atoms with E-state index >= 15 is 0 Å². The van der Waals surface area contributed by atoms with Gasteiger partial charge in [-0.2, -0.15) is 0 Å². The van der Waals surface area contributed by atoms with Crippen molar-refractivity contribution < 1.29 is 9.53 Å². The third-order valence-electron chi connectivity index (χ3n) is 2.87. The van der Waals surface area contributed by atoms with Crippen LogP contribution in [0, 0.1) is 0 Å². The summed E-state index contributed by atoms with van der Waals surface area (Å²) in [6.45, 7) is 8.18. The summed E-state index contributed by atoms with van der Waals surface area (Å²) in [6.07, 6.45) is 1.25. The SMILES string of the molecule is CC(C)(C)OC=O.Nc1ccc(C2CCNC2)cc1. The molecule has 0 amide bonds. The third-order valence-corrected chi connectivity index (χ3v) is 2.87. The number of ether oxygens (including phenoxy) is 1. The molecule has 0 aromatic heterocycles. The van der Waals surface area contributed by atoms with Crippen molar-refractivity contribution in [3.8, 4) is 0 Å². The van der Waals surface area contributed by atoms with Crippen LogP contribution in [0.3, 0.4) is 0 Å². The number of nitrogens with two attached hydrogens (primary N) is 1. The number of rotatable bonds is 2. The van der Waals surface area contributed by atoms with Crippen LogP contribution in [0.4, 0.5) is 5.69 Å². The minimum Gasteiger partial charge on any atom is -0.462 e. The first-order valence-electron chi connectivity index (χ1n) is 6.60. The second kappa shape index (κ2) is 7.14. The Morgan fingerprint density at radius 2 is 1.95 bits per heavy atom. The number of anilines is 1. The molecule has 1 aliphatic heterocycles. The van der Waals surface area contributed by atoms with E-state index in [1.807, 2.05) is 32.9 Å². The van der Waals surface area contributed by atoms with Gasteiger partial charge in [0.15, 0.2) is 0 Å². The van der Waals surface area contributed by atoms with Crippen LogP contribution in [0.1, 0.15) is 38.7 Å². The van der Waals surface area contributed by atoms with E-state index in [1.54, 1.807) is 0 Å². The fourth-order valence-electron chi connectivity index (χ4n) is 1.85. The number of hydrogen-bond donors (Lipinski definition) is 2. The fourth-order valence-corrected chi connectivity index (χ4v) is 1.85. The zero-order valence-corrected chi connectivity index (χ0v) is 12.0. The highest BCUT2D eigenvalue weighted by atomic mass is 16.5. The van der Waals surface area contributed by atoms with Crippen molar-refractivity contribution in [1.29, 1.82) is 0 Å². The fraction of sp³-hybridized carbons (Fsp3) is 0.533. The third kappa shape index (κ3) is 6.25. The van der Waals surface area contributed by atoms with Gasteiger partial charge in [0.05, 0.1) is 0 Å².